The average Bonchev–Trinajstić information content (AvgIpc) is 2.34. The summed E-state index contributed by atoms with van der Waals surface area (Å²) >= 11 is 0. The molecule has 0 aromatic heterocycles. The van der Waals surface area contributed by atoms with Gasteiger partial charge in [0.05, 0.1) is 21.6 Å². The summed E-state index contributed by atoms with van der Waals surface area (Å²) in [6, 6.07) is 5.76. The van der Waals surface area contributed by atoms with Crippen molar-refractivity contribution in [3.63, 3.8) is 0 Å². The highest BCUT2D eigenvalue weighted by atomic mass is 32.2. The number of nitriles is 1. The van der Waals surface area contributed by atoms with Crippen LogP contribution < -0.4 is 16.2 Å². The molecule has 0 atom stereocenters. The van der Waals surface area contributed by atoms with E-state index in [1.54, 1.807) is 13.8 Å². The number of anilines is 1. The Morgan fingerprint density at radius 1 is 1.45 bits per heavy atom. The number of hydrogen-bond acceptors (Lipinski definition) is 5. The maximum absolute atomic E-state index is 11.2. The van der Waals surface area contributed by atoms with Crippen molar-refractivity contribution in [1.82, 2.24) is 0 Å². The van der Waals surface area contributed by atoms with Crippen LogP contribution in [0, 0.1) is 16.7 Å². The molecule has 8 heteroatoms. The van der Waals surface area contributed by atoms with Crippen molar-refractivity contribution >= 4 is 21.6 Å². The van der Waals surface area contributed by atoms with Gasteiger partial charge in [0.2, 0.25) is 15.9 Å². The molecule has 0 aliphatic carbocycles. The van der Waals surface area contributed by atoms with Crippen LogP contribution in [0.4, 0.5) is 5.69 Å². The van der Waals surface area contributed by atoms with Crippen LogP contribution in [0.15, 0.2) is 23.1 Å². The summed E-state index contributed by atoms with van der Waals surface area (Å²) in [5.74, 6) is -0.482. The quantitative estimate of drug-likeness (QED) is 0.708. The van der Waals surface area contributed by atoms with E-state index >= 15 is 0 Å². The molecule has 0 bridgehead atoms. The molecule has 0 radical (unpaired) electrons. The molecule has 0 unspecified atom stereocenters. The number of nitrogens with two attached hydrogens (primary N) is 2. The Morgan fingerprint density at radius 2 is 2.05 bits per heavy atom. The fourth-order valence-electron chi connectivity index (χ4n) is 1.35. The van der Waals surface area contributed by atoms with Gasteiger partial charge in [0.25, 0.3) is 0 Å². The molecule has 0 aliphatic heterocycles. The van der Waals surface area contributed by atoms with E-state index < -0.39 is 21.3 Å². The van der Waals surface area contributed by atoms with E-state index in [2.05, 4.69) is 5.32 Å². The second kappa shape index (κ2) is 5.48. The summed E-state index contributed by atoms with van der Waals surface area (Å²) in [6.07, 6.45) is 0. The third-order valence-electron chi connectivity index (χ3n) is 2.83. The molecule has 0 heterocycles. The van der Waals surface area contributed by atoms with Crippen LogP contribution in [-0.2, 0) is 14.8 Å². The minimum Gasteiger partial charge on any atom is -0.383 e. The first kappa shape index (κ1) is 15.9. The topological polar surface area (TPSA) is 139 Å². The van der Waals surface area contributed by atoms with Gasteiger partial charge >= 0.3 is 0 Å². The number of nitrogens with zero attached hydrogens (tertiary/aromatic N) is 1. The van der Waals surface area contributed by atoms with Gasteiger partial charge in [-0.1, -0.05) is 0 Å². The van der Waals surface area contributed by atoms with E-state index in [0.29, 0.717) is 5.69 Å². The van der Waals surface area contributed by atoms with Crippen molar-refractivity contribution in [1.29, 1.82) is 5.26 Å². The van der Waals surface area contributed by atoms with E-state index in [9.17, 15) is 13.2 Å². The van der Waals surface area contributed by atoms with E-state index in [4.69, 9.17) is 16.1 Å². The Kier molecular flexibility index (Phi) is 4.37. The number of carbonyl (C=O) groups is 1. The Bertz CT molecular complexity index is 674. The highest BCUT2D eigenvalue weighted by molar-refractivity contribution is 7.89. The summed E-state index contributed by atoms with van der Waals surface area (Å²) < 4.78 is 22.4. The SMILES string of the molecule is CC(C)(CNc1ccc(S(N)(=O)=O)cc1C#N)C(N)=O. The first-order chi connectivity index (χ1) is 9.08. The van der Waals surface area contributed by atoms with Crippen molar-refractivity contribution < 1.29 is 13.2 Å². The lowest BCUT2D eigenvalue weighted by Crippen LogP contribution is -2.37. The number of rotatable bonds is 5. The largest absolute Gasteiger partial charge is 0.383 e. The highest BCUT2D eigenvalue weighted by Crippen LogP contribution is 2.21. The van der Waals surface area contributed by atoms with Crippen molar-refractivity contribution in [2.75, 3.05) is 11.9 Å². The van der Waals surface area contributed by atoms with Gasteiger partial charge in [-0.15, -0.1) is 0 Å². The first-order valence-corrected chi connectivity index (χ1v) is 7.23. The van der Waals surface area contributed by atoms with Crippen LogP contribution in [0.5, 0.6) is 0 Å². The van der Waals surface area contributed by atoms with Crippen molar-refractivity contribution in [2.24, 2.45) is 16.3 Å². The minimum atomic E-state index is -3.86. The van der Waals surface area contributed by atoms with Crippen molar-refractivity contribution in [3.8, 4) is 6.07 Å². The maximum atomic E-state index is 11.2. The van der Waals surface area contributed by atoms with Gasteiger partial charge < -0.3 is 11.1 Å². The van der Waals surface area contributed by atoms with Crippen LogP contribution in [0.3, 0.4) is 0 Å². The molecule has 7 nitrogen and oxygen atoms in total. The summed E-state index contributed by atoms with van der Waals surface area (Å²) in [5, 5.41) is 16.9. The molecule has 0 spiro atoms. The third kappa shape index (κ3) is 3.69. The van der Waals surface area contributed by atoms with Crippen LogP contribution in [0.2, 0.25) is 0 Å². The number of amides is 1. The number of hydrogen-bond donors (Lipinski definition) is 3. The van der Waals surface area contributed by atoms with Crippen molar-refractivity contribution in [3.05, 3.63) is 23.8 Å². The Balaban J connectivity index is 3.05. The number of primary amides is 1. The fraction of sp³-hybridized carbons (Fsp3) is 0.333. The van der Waals surface area contributed by atoms with E-state index in [0.717, 1.165) is 0 Å². The fourth-order valence-corrected chi connectivity index (χ4v) is 1.89. The second-order valence-corrected chi connectivity index (χ2v) is 6.53. The Hall–Kier alpha value is -2.11. The van der Waals surface area contributed by atoms with Gasteiger partial charge in [-0.2, -0.15) is 5.26 Å². The number of sulfonamides is 1. The zero-order valence-corrected chi connectivity index (χ0v) is 12.0. The molecule has 0 saturated carbocycles. The molecule has 0 aliphatic rings. The van der Waals surface area contributed by atoms with Gasteiger partial charge in [-0.25, -0.2) is 13.6 Å². The van der Waals surface area contributed by atoms with Gasteiger partial charge in [0.15, 0.2) is 0 Å². The lowest BCUT2D eigenvalue weighted by Gasteiger charge is -2.22. The minimum absolute atomic E-state index is 0.122. The average molecular weight is 296 g/mol. The van der Waals surface area contributed by atoms with E-state index in [1.807, 2.05) is 6.07 Å². The Labute approximate surface area is 117 Å². The predicted octanol–water partition coefficient (Wildman–Crippen LogP) is 0.129. The van der Waals surface area contributed by atoms with Crippen LogP contribution in [-0.4, -0.2) is 20.9 Å². The van der Waals surface area contributed by atoms with Crippen molar-refractivity contribution in [2.45, 2.75) is 18.7 Å². The molecule has 1 amide bonds. The monoisotopic (exact) mass is 296 g/mol. The summed E-state index contributed by atoms with van der Waals surface area (Å²) in [4.78, 5) is 11.1. The number of carbonyl (C=O) groups excluding carboxylic acids is 1. The third-order valence-corrected chi connectivity index (χ3v) is 3.74. The molecule has 1 aromatic carbocycles. The lowest BCUT2D eigenvalue weighted by atomic mass is 9.92. The number of benzene rings is 1. The lowest BCUT2D eigenvalue weighted by molar-refractivity contribution is -0.125. The molecule has 0 saturated heterocycles. The maximum Gasteiger partial charge on any atom is 0.238 e. The van der Waals surface area contributed by atoms with Crippen LogP contribution >= 0.6 is 0 Å². The molecule has 108 valence electrons. The van der Waals surface area contributed by atoms with Gasteiger partial charge in [0, 0.05) is 6.54 Å². The number of nitrogens with one attached hydrogen (secondary N) is 1. The normalized spacial score (nSPS) is 11.7. The van der Waals surface area contributed by atoms with Crippen LogP contribution in [0.1, 0.15) is 19.4 Å². The molecule has 1 rings (SSSR count). The van der Waals surface area contributed by atoms with E-state index in [-0.39, 0.29) is 17.0 Å². The standard InChI is InChI=1S/C12H16N4O3S/c1-12(2,11(14)17)7-16-10-4-3-9(20(15,18)19)5-8(10)6-13/h3-5,16H,7H2,1-2H3,(H2,14,17)(H2,15,18,19). The predicted molar refractivity (Wildman–Crippen MR) is 74.0 cm³/mol. The molecule has 1 aromatic rings. The van der Waals surface area contributed by atoms with E-state index in [1.165, 1.54) is 18.2 Å². The zero-order valence-electron chi connectivity index (χ0n) is 11.2. The summed E-state index contributed by atoms with van der Waals surface area (Å²) in [6.45, 7) is 3.53. The second-order valence-electron chi connectivity index (χ2n) is 4.97. The van der Waals surface area contributed by atoms with Gasteiger partial charge in [0.1, 0.15) is 6.07 Å². The molecular formula is C12H16N4O3S. The molecule has 0 fully saturated rings. The van der Waals surface area contributed by atoms with Gasteiger partial charge in [-0.05, 0) is 32.0 Å². The molecule has 5 N–H and O–H groups in total. The Morgan fingerprint density at radius 3 is 2.50 bits per heavy atom. The first-order valence-electron chi connectivity index (χ1n) is 5.68. The summed E-state index contributed by atoms with van der Waals surface area (Å²) in [5.41, 5.74) is 4.98. The van der Waals surface area contributed by atoms with Crippen LogP contribution in [0.25, 0.3) is 0 Å². The molecular weight excluding hydrogens is 280 g/mol. The van der Waals surface area contributed by atoms with Gasteiger partial charge in [-0.3, -0.25) is 4.79 Å². The number of primary sulfonamides is 1. The molecule has 20 heavy (non-hydrogen) atoms. The highest BCUT2D eigenvalue weighted by Gasteiger charge is 2.25. The zero-order chi connectivity index (χ0) is 15.6. The smallest absolute Gasteiger partial charge is 0.238 e. The summed E-state index contributed by atoms with van der Waals surface area (Å²) in [7, 11) is -3.86.